The lowest BCUT2D eigenvalue weighted by Gasteiger charge is -2.07. The number of rotatable bonds is 5. The van der Waals surface area contributed by atoms with Gasteiger partial charge in [-0.1, -0.05) is 46.9 Å². The Morgan fingerprint density at radius 1 is 0.971 bits per heavy atom. The van der Waals surface area contributed by atoms with Crippen LogP contribution in [-0.4, -0.2) is 27.8 Å². The van der Waals surface area contributed by atoms with E-state index in [4.69, 9.17) is 49.3 Å². The number of aliphatic carboxylic acids is 1. The third-order valence-electron chi connectivity index (χ3n) is 5.21. The molecule has 0 radical (unpaired) electrons. The summed E-state index contributed by atoms with van der Waals surface area (Å²) in [5, 5.41) is 11.2. The molecule has 0 bridgehead atoms. The maximum absolute atomic E-state index is 12.1. The van der Waals surface area contributed by atoms with Crippen molar-refractivity contribution in [2.75, 3.05) is 6.79 Å². The van der Waals surface area contributed by atoms with Crippen molar-refractivity contribution in [2.45, 2.75) is 0 Å². The Hall–Kier alpha value is -3.45. The zero-order valence-corrected chi connectivity index (χ0v) is 19.6. The summed E-state index contributed by atoms with van der Waals surface area (Å²) in [4.78, 5) is 20.0. The van der Waals surface area contributed by atoms with Gasteiger partial charge in [0, 0.05) is 21.2 Å². The topological polar surface area (TPSA) is 84.4 Å². The molecule has 2 heterocycles. The first-order valence-electron chi connectivity index (χ1n) is 10.1. The van der Waals surface area contributed by atoms with Crippen LogP contribution >= 0.6 is 34.8 Å². The predicted molar refractivity (Wildman–Crippen MR) is 133 cm³/mol. The highest BCUT2D eigenvalue weighted by Gasteiger charge is 2.21. The van der Waals surface area contributed by atoms with Gasteiger partial charge < -0.3 is 19.6 Å². The first-order chi connectivity index (χ1) is 16.4. The minimum absolute atomic E-state index is 0.0252. The molecule has 1 aliphatic heterocycles. The second kappa shape index (κ2) is 9.06. The average Bonchev–Trinajstić information content (AvgIpc) is 3.45. The van der Waals surface area contributed by atoms with Gasteiger partial charge in [0.15, 0.2) is 11.5 Å². The zero-order valence-electron chi connectivity index (χ0n) is 17.3. The summed E-state index contributed by atoms with van der Waals surface area (Å²) >= 11 is 18.8. The van der Waals surface area contributed by atoms with Crippen LogP contribution in [0.25, 0.3) is 34.2 Å². The number of imidazole rings is 1. The first kappa shape index (κ1) is 22.3. The Bertz CT molecular complexity index is 1460. The number of benzene rings is 3. The molecule has 1 aromatic heterocycles. The average molecular weight is 514 g/mol. The summed E-state index contributed by atoms with van der Waals surface area (Å²) in [7, 11) is 0. The van der Waals surface area contributed by atoms with Crippen molar-refractivity contribution in [2.24, 2.45) is 0 Å². The SMILES string of the molecule is O=C(O)/C(=C/c1nc(-c2ccc3c(c2)OCO3)c(-c2cc(Cl)ccc2Cl)[nH]1)c1cccc(Cl)c1. The summed E-state index contributed by atoms with van der Waals surface area (Å²) in [5.41, 5.74) is 2.94. The second-order valence-electron chi connectivity index (χ2n) is 7.41. The molecule has 34 heavy (non-hydrogen) atoms. The van der Waals surface area contributed by atoms with E-state index in [1.165, 1.54) is 6.08 Å². The molecule has 0 aliphatic carbocycles. The monoisotopic (exact) mass is 512 g/mol. The molecule has 6 nitrogen and oxygen atoms in total. The highest BCUT2D eigenvalue weighted by Crippen LogP contribution is 2.40. The van der Waals surface area contributed by atoms with Gasteiger partial charge in [0.1, 0.15) is 5.82 Å². The molecule has 3 aromatic carbocycles. The summed E-state index contributed by atoms with van der Waals surface area (Å²) < 4.78 is 10.9. The quantitative estimate of drug-likeness (QED) is 0.279. The van der Waals surface area contributed by atoms with Crippen molar-refractivity contribution < 1.29 is 19.4 Å². The highest BCUT2D eigenvalue weighted by molar-refractivity contribution is 6.35. The lowest BCUT2D eigenvalue weighted by Crippen LogP contribution is -2.00. The van der Waals surface area contributed by atoms with E-state index >= 15 is 0 Å². The molecule has 170 valence electrons. The number of aromatic nitrogens is 2. The second-order valence-corrected chi connectivity index (χ2v) is 8.69. The normalized spacial score (nSPS) is 12.7. The van der Waals surface area contributed by atoms with Crippen molar-refractivity contribution in [3.8, 4) is 34.0 Å². The number of carboxylic acids is 1. The molecule has 2 N–H and O–H groups in total. The van der Waals surface area contributed by atoms with Gasteiger partial charge in [-0.15, -0.1) is 0 Å². The van der Waals surface area contributed by atoms with Crippen LogP contribution in [0.4, 0.5) is 0 Å². The smallest absolute Gasteiger partial charge is 0.336 e. The number of hydrogen-bond acceptors (Lipinski definition) is 4. The van der Waals surface area contributed by atoms with Gasteiger partial charge in [0.25, 0.3) is 0 Å². The van der Waals surface area contributed by atoms with Crippen LogP contribution in [0.5, 0.6) is 11.5 Å². The van der Waals surface area contributed by atoms with E-state index in [1.807, 2.05) is 12.1 Å². The van der Waals surface area contributed by atoms with Gasteiger partial charge in [0.2, 0.25) is 6.79 Å². The number of nitrogens with zero attached hydrogens (tertiary/aromatic N) is 1. The van der Waals surface area contributed by atoms with E-state index in [0.29, 0.717) is 54.9 Å². The van der Waals surface area contributed by atoms with Crippen LogP contribution < -0.4 is 9.47 Å². The standard InChI is InChI=1S/C25H15Cl3N2O4/c26-15-3-1-2-13(8-15)17(25(31)32)11-22-29-23(14-4-7-20-21(9-14)34-12-33-20)24(30-22)18-10-16(27)5-6-19(18)28/h1-11H,12H2,(H,29,30)(H,31,32)/b17-11+. The third kappa shape index (κ3) is 4.35. The number of fused-ring (bicyclic) bond motifs is 1. The van der Waals surface area contributed by atoms with Gasteiger partial charge >= 0.3 is 5.97 Å². The fourth-order valence-electron chi connectivity index (χ4n) is 3.66. The van der Waals surface area contributed by atoms with Gasteiger partial charge in [-0.2, -0.15) is 0 Å². The molecule has 0 atom stereocenters. The minimum Gasteiger partial charge on any atom is -0.478 e. The predicted octanol–water partition coefficient (Wildman–Crippen LogP) is 7.06. The van der Waals surface area contributed by atoms with Crippen LogP contribution in [0, 0.1) is 0 Å². The molecule has 5 rings (SSSR count). The Morgan fingerprint density at radius 3 is 2.56 bits per heavy atom. The molecule has 9 heteroatoms. The minimum atomic E-state index is -1.12. The summed E-state index contributed by atoms with van der Waals surface area (Å²) in [5.74, 6) is 0.420. The Morgan fingerprint density at radius 2 is 1.76 bits per heavy atom. The number of halogens is 3. The number of H-pyrrole nitrogens is 1. The lowest BCUT2D eigenvalue weighted by atomic mass is 10.0. The Labute approximate surface area is 209 Å². The van der Waals surface area contributed by atoms with E-state index in [9.17, 15) is 9.90 Å². The largest absolute Gasteiger partial charge is 0.478 e. The van der Waals surface area contributed by atoms with E-state index in [2.05, 4.69) is 4.98 Å². The van der Waals surface area contributed by atoms with Crippen molar-refractivity contribution in [3.63, 3.8) is 0 Å². The molecule has 0 fully saturated rings. The van der Waals surface area contributed by atoms with Crippen LogP contribution in [0.1, 0.15) is 11.4 Å². The highest BCUT2D eigenvalue weighted by atomic mass is 35.5. The van der Waals surface area contributed by atoms with Crippen LogP contribution in [-0.2, 0) is 4.79 Å². The molecular weight excluding hydrogens is 499 g/mol. The van der Waals surface area contributed by atoms with Gasteiger partial charge in [-0.3, -0.25) is 0 Å². The van der Waals surface area contributed by atoms with Crippen LogP contribution in [0.3, 0.4) is 0 Å². The molecule has 0 unspecified atom stereocenters. The number of carboxylic acid groups (broad SMARTS) is 1. The van der Waals surface area contributed by atoms with Gasteiger partial charge in [0.05, 0.1) is 22.0 Å². The van der Waals surface area contributed by atoms with E-state index < -0.39 is 5.97 Å². The number of aromatic amines is 1. The van der Waals surface area contributed by atoms with E-state index in [1.54, 1.807) is 48.5 Å². The molecular formula is C25H15Cl3N2O4. The first-order valence-corrected chi connectivity index (χ1v) is 11.2. The molecule has 0 spiro atoms. The summed E-state index contributed by atoms with van der Waals surface area (Å²) in [6.07, 6.45) is 1.45. The van der Waals surface area contributed by atoms with Crippen molar-refractivity contribution in [1.82, 2.24) is 9.97 Å². The Kier molecular flexibility index (Phi) is 5.96. The number of hydrogen-bond donors (Lipinski definition) is 2. The van der Waals surface area contributed by atoms with Crippen molar-refractivity contribution in [1.29, 1.82) is 0 Å². The number of ether oxygens (including phenoxy) is 2. The van der Waals surface area contributed by atoms with Crippen LogP contribution in [0.2, 0.25) is 15.1 Å². The molecule has 0 saturated heterocycles. The number of carbonyl (C=O) groups is 1. The van der Waals surface area contributed by atoms with Crippen LogP contribution in [0.15, 0.2) is 60.7 Å². The van der Waals surface area contributed by atoms with Crippen molar-refractivity contribution >= 4 is 52.4 Å². The fourth-order valence-corrected chi connectivity index (χ4v) is 4.23. The Balaban J connectivity index is 1.70. The van der Waals surface area contributed by atoms with E-state index in [0.717, 1.165) is 5.56 Å². The van der Waals surface area contributed by atoms with Crippen molar-refractivity contribution in [3.05, 3.63) is 87.1 Å². The maximum Gasteiger partial charge on any atom is 0.336 e. The maximum atomic E-state index is 12.1. The van der Waals surface area contributed by atoms with Gasteiger partial charge in [-0.25, -0.2) is 9.78 Å². The molecule has 0 saturated carbocycles. The molecule has 1 aliphatic rings. The lowest BCUT2D eigenvalue weighted by molar-refractivity contribution is -0.130. The molecule has 0 amide bonds. The third-order valence-corrected chi connectivity index (χ3v) is 6.01. The van der Waals surface area contributed by atoms with Gasteiger partial charge in [-0.05, 0) is 60.2 Å². The van der Waals surface area contributed by atoms with E-state index in [-0.39, 0.29) is 12.4 Å². The number of nitrogens with one attached hydrogen (secondary N) is 1. The zero-order chi connectivity index (χ0) is 23.8. The summed E-state index contributed by atoms with van der Waals surface area (Å²) in [6, 6.07) is 17.1. The molecule has 4 aromatic rings. The summed E-state index contributed by atoms with van der Waals surface area (Å²) in [6.45, 7) is 0.141. The fraction of sp³-hybridized carbons (Fsp3) is 0.0400.